The van der Waals surface area contributed by atoms with Crippen molar-refractivity contribution < 1.29 is 14.3 Å². The molecule has 8 heteroatoms. The van der Waals surface area contributed by atoms with Crippen molar-refractivity contribution in [1.82, 2.24) is 10.2 Å². The highest BCUT2D eigenvalue weighted by Crippen LogP contribution is 2.28. The predicted molar refractivity (Wildman–Crippen MR) is 105 cm³/mol. The third-order valence-electron chi connectivity index (χ3n) is 3.72. The Morgan fingerprint density at radius 1 is 1.23 bits per heavy atom. The van der Waals surface area contributed by atoms with Gasteiger partial charge < -0.3 is 25.6 Å². The number of hydrogen-bond acceptors (Lipinski definition) is 5. The van der Waals surface area contributed by atoms with E-state index in [0.717, 1.165) is 0 Å². The molecular formula is C18H24N4O3S. The highest BCUT2D eigenvalue weighted by molar-refractivity contribution is 7.10. The molecule has 1 aromatic heterocycles. The van der Waals surface area contributed by atoms with Crippen LogP contribution >= 0.6 is 11.3 Å². The van der Waals surface area contributed by atoms with Crippen molar-refractivity contribution in [3.8, 4) is 5.75 Å². The number of benzene rings is 1. The molecule has 3 amide bonds. The zero-order valence-corrected chi connectivity index (χ0v) is 16.1. The first-order valence-electron chi connectivity index (χ1n) is 8.11. The largest absolute Gasteiger partial charge is 0.494 e. The molecule has 0 aliphatic heterocycles. The van der Waals surface area contributed by atoms with Crippen molar-refractivity contribution in [2.24, 2.45) is 0 Å². The van der Waals surface area contributed by atoms with E-state index in [1.807, 2.05) is 25.5 Å². The Bertz CT molecular complexity index is 747. The Balaban J connectivity index is 1.97. The number of rotatable bonds is 7. The highest BCUT2D eigenvalue weighted by Gasteiger charge is 2.16. The monoisotopic (exact) mass is 376 g/mol. The average Bonchev–Trinajstić information content (AvgIpc) is 3.09. The summed E-state index contributed by atoms with van der Waals surface area (Å²) in [6, 6.07) is 8.91. The minimum absolute atomic E-state index is 0.109. The quantitative estimate of drug-likeness (QED) is 0.693. The molecule has 0 bridgehead atoms. The smallest absolute Gasteiger partial charge is 0.319 e. The van der Waals surface area contributed by atoms with E-state index in [1.165, 1.54) is 18.9 Å². The SMILES string of the molecule is COc1cc(NC(=O)NCC(c2cccs2)N(C)C)ccc1NC(C)=O. The molecule has 0 aliphatic carbocycles. The minimum atomic E-state index is -0.303. The first-order valence-corrected chi connectivity index (χ1v) is 8.99. The van der Waals surface area contributed by atoms with Gasteiger partial charge >= 0.3 is 6.03 Å². The fraction of sp³-hybridized carbons (Fsp3) is 0.333. The molecule has 0 fully saturated rings. The van der Waals surface area contributed by atoms with Crippen LogP contribution in [0, 0.1) is 0 Å². The number of methoxy groups -OCH3 is 1. The van der Waals surface area contributed by atoms with E-state index < -0.39 is 0 Å². The molecule has 1 heterocycles. The van der Waals surface area contributed by atoms with Gasteiger partial charge in [-0.15, -0.1) is 11.3 Å². The van der Waals surface area contributed by atoms with Crippen LogP contribution in [0.2, 0.25) is 0 Å². The van der Waals surface area contributed by atoms with Crippen molar-refractivity contribution in [3.63, 3.8) is 0 Å². The van der Waals surface area contributed by atoms with Crippen LogP contribution in [-0.4, -0.2) is 44.6 Å². The normalized spacial score (nSPS) is 11.7. The van der Waals surface area contributed by atoms with E-state index >= 15 is 0 Å². The zero-order valence-electron chi connectivity index (χ0n) is 15.3. The van der Waals surface area contributed by atoms with Gasteiger partial charge in [0.2, 0.25) is 5.91 Å². The maximum absolute atomic E-state index is 12.2. The summed E-state index contributed by atoms with van der Waals surface area (Å²) in [4.78, 5) is 26.7. The Kier molecular flexibility index (Phi) is 6.99. The van der Waals surface area contributed by atoms with E-state index in [-0.39, 0.29) is 18.0 Å². The fourth-order valence-corrected chi connectivity index (χ4v) is 3.37. The Labute approximate surface area is 157 Å². The Hall–Kier alpha value is -2.58. The van der Waals surface area contributed by atoms with Crippen LogP contribution in [0.25, 0.3) is 0 Å². The first-order chi connectivity index (χ1) is 12.4. The van der Waals surface area contributed by atoms with Crippen molar-refractivity contribution in [2.75, 3.05) is 38.4 Å². The topological polar surface area (TPSA) is 82.7 Å². The number of nitrogens with one attached hydrogen (secondary N) is 3. The number of hydrogen-bond donors (Lipinski definition) is 3. The van der Waals surface area contributed by atoms with Gasteiger partial charge in [0.15, 0.2) is 0 Å². The van der Waals surface area contributed by atoms with E-state index in [2.05, 4.69) is 26.9 Å². The summed E-state index contributed by atoms with van der Waals surface area (Å²) in [5.41, 5.74) is 1.13. The van der Waals surface area contributed by atoms with Crippen LogP contribution < -0.4 is 20.7 Å². The number of likely N-dealkylation sites (N-methyl/N-ethyl adjacent to an activating group) is 1. The number of ether oxygens (including phenoxy) is 1. The number of anilines is 2. The van der Waals surface area contributed by atoms with Crippen LogP contribution in [-0.2, 0) is 4.79 Å². The van der Waals surface area contributed by atoms with Crippen LogP contribution in [0.5, 0.6) is 5.75 Å². The first kappa shape index (κ1) is 19.7. The summed E-state index contributed by atoms with van der Waals surface area (Å²) in [5, 5.41) is 10.4. The Morgan fingerprint density at radius 3 is 2.58 bits per heavy atom. The lowest BCUT2D eigenvalue weighted by atomic mass is 10.2. The lowest BCUT2D eigenvalue weighted by Crippen LogP contribution is -2.36. The molecule has 1 aromatic carbocycles. The number of carbonyl (C=O) groups excluding carboxylic acids is 2. The van der Waals surface area contributed by atoms with E-state index in [0.29, 0.717) is 23.7 Å². The summed E-state index contributed by atoms with van der Waals surface area (Å²) >= 11 is 1.66. The molecule has 0 spiro atoms. The lowest BCUT2D eigenvalue weighted by molar-refractivity contribution is -0.114. The third-order valence-corrected chi connectivity index (χ3v) is 4.69. The van der Waals surface area contributed by atoms with Crippen LogP contribution in [0.3, 0.4) is 0 Å². The molecule has 0 saturated heterocycles. The lowest BCUT2D eigenvalue weighted by Gasteiger charge is -2.23. The number of amides is 3. The zero-order chi connectivity index (χ0) is 19.1. The standard InChI is InChI=1S/C18H24N4O3S/c1-12(23)20-14-8-7-13(10-16(14)25-4)21-18(24)19-11-15(22(2)3)17-6-5-9-26-17/h5-10,15H,11H2,1-4H3,(H,20,23)(H2,19,21,24). The number of thiophene rings is 1. The molecular weight excluding hydrogens is 352 g/mol. The molecule has 0 aliphatic rings. The summed E-state index contributed by atoms with van der Waals surface area (Å²) in [6.07, 6.45) is 0. The summed E-state index contributed by atoms with van der Waals surface area (Å²) in [5.74, 6) is 0.285. The van der Waals surface area contributed by atoms with Gasteiger partial charge in [-0.05, 0) is 37.7 Å². The van der Waals surface area contributed by atoms with Gasteiger partial charge in [-0.1, -0.05) is 6.07 Å². The average molecular weight is 376 g/mol. The van der Waals surface area contributed by atoms with Crippen molar-refractivity contribution in [1.29, 1.82) is 0 Å². The van der Waals surface area contributed by atoms with Gasteiger partial charge in [0.25, 0.3) is 0 Å². The molecule has 0 saturated carbocycles. The summed E-state index contributed by atoms with van der Waals surface area (Å²) in [6.45, 7) is 1.91. The maximum atomic E-state index is 12.2. The van der Waals surface area contributed by atoms with E-state index in [1.54, 1.807) is 29.5 Å². The molecule has 7 nitrogen and oxygen atoms in total. The number of nitrogens with zero attached hydrogens (tertiary/aromatic N) is 1. The van der Waals surface area contributed by atoms with Gasteiger partial charge in [0, 0.05) is 30.1 Å². The summed E-state index contributed by atoms with van der Waals surface area (Å²) in [7, 11) is 5.47. The summed E-state index contributed by atoms with van der Waals surface area (Å²) < 4.78 is 5.26. The highest BCUT2D eigenvalue weighted by atomic mass is 32.1. The van der Waals surface area contributed by atoms with Crippen molar-refractivity contribution in [2.45, 2.75) is 13.0 Å². The van der Waals surface area contributed by atoms with Crippen LogP contribution in [0.15, 0.2) is 35.7 Å². The van der Waals surface area contributed by atoms with Gasteiger partial charge in [-0.2, -0.15) is 0 Å². The van der Waals surface area contributed by atoms with Crippen LogP contribution in [0.1, 0.15) is 17.8 Å². The molecule has 140 valence electrons. The fourth-order valence-electron chi connectivity index (χ4n) is 2.45. The minimum Gasteiger partial charge on any atom is -0.494 e. The third kappa shape index (κ3) is 5.47. The van der Waals surface area contributed by atoms with Gasteiger partial charge in [0.05, 0.1) is 18.8 Å². The molecule has 1 unspecified atom stereocenters. The van der Waals surface area contributed by atoms with Gasteiger partial charge in [-0.25, -0.2) is 4.79 Å². The van der Waals surface area contributed by atoms with Crippen molar-refractivity contribution in [3.05, 3.63) is 40.6 Å². The number of urea groups is 1. The molecule has 0 radical (unpaired) electrons. The van der Waals surface area contributed by atoms with Gasteiger partial charge in [-0.3, -0.25) is 4.79 Å². The second kappa shape index (κ2) is 9.21. The Morgan fingerprint density at radius 2 is 2.00 bits per heavy atom. The predicted octanol–water partition coefficient (Wildman–Crippen LogP) is 3.14. The molecule has 1 atom stereocenters. The second-order valence-electron chi connectivity index (χ2n) is 5.93. The molecule has 2 rings (SSSR count). The van der Waals surface area contributed by atoms with E-state index in [4.69, 9.17) is 4.74 Å². The second-order valence-corrected chi connectivity index (χ2v) is 6.91. The van der Waals surface area contributed by atoms with Crippen LogP contribution in [0.4, 0.5) is 16.2 Å². The van der Waals surface area contributed by atoms with Gasteiger partial charge in [0.1, 0.15) is 5.75 Å². The molecule has 26 heavy (non-hydrogen) atoms. The molecule has 3 N–H and O–H groups in total. The molecule has 2 aromatic rings. The van der Waals surface area contributed by atoms with Crippen molar-refractivity contribution >= 4 is 34.6 Å². The maximum Gasteiger partial charge on any atom is 0.319 e. The number of carbonyl (C=O) groups is 2. The van der Waals surface area contributed by atoms with E-state index in [9.17, 15) is 9.59 Å².